The molecular weight excluding hydrogens is 420 g/mol. The van der Waals surface area contributed by atoms with Gasteiger partial charge in [-0.3, -0.25) is 4.79 Å². The Balaban J connectivity index is 1.52. The fourth-order valence-electron chi connectivity index (χ4n) is 2.97. The van der Waals surface area contributed by atoms with Crippen LogP contribution in [0, 0.1) is 0 Å². The van der Waals surface area contributed by atoms with Gasteiger partial charge in [0.2, 0.25) is 11.9 Å². The lowest BCUT2D eigenvalue weighted by Gasteiger charge is -2.21. The van der Waals surface area contributed by atoms with E-state index < -0.39 is 0 Å². The molecule has 0 atom stereocenters. The van der Waals surface area contributed by atoms with Crippen molar-refractivity contribution in [3.8, 4) is 0 Å². The smallest absolute Gasteiger partial charge is 0.275 e. The van der Waals surface area contributed by atoms with Crippen molar-refractivity contribution >= 4 is 17.8 Å². The predicted molar refractivity (Wildman–Crippen MR) is 127 cm³/mol. The van der Waals surface area contributed by atoms with E-state index in [1.54, 1.807) is 44.0 Å². The van der Waals surface area contributed by atoms with Crippen LogP contribution in [0.4, 0.5) is 11.9 Å². The summed E-state index contributed by atoms with van der Waals surface area (Å²) in [6.45, 7) is 3.46. The van der Waals surface area contributed by atoms with E-state index >= 15 is 0 Å². The highest BCUT2D eigenvalue weighted by Crippen LogP contribution is 2.11. The summed E-state index contributed by atoms with van der Waals surface area (Å²) in [5, 5.41) is 7.86. The van der Waals surface area contributed by atoms with E-state index in [1.807, 2.05) is 24.3 Å². The summed E-state index contributed by atoms with van der Waals surface area (Å²) in [4.78, 5) is 29.9. The number of nitrogens with one attached hydrogen (secondary N) is 3. The van der Waals surface area contributed by atoms with Gasteiger partial charge in [-0.05, 0) is 42.7 Å². The third kappa shape index (κ3) is 8.19. The summed E-state index contributed by atoms with van der Waals surface area (Å²) < 4.78 is 5.03. The Morgan fingerprint density at radius 2 is 1.58 bits per heavy atom. The van der Waals surface area contributed by atoms with E-state index in [0.29, 0.717) is 37.2 Å². The molecule has 3 N–H and O–H groups in total. The Bertz CT molecular complexity index is 942. The van der Waals surface area contributed by atoms with Crippen LogP contribution in [0.5, 0.6) is 0 Å². The first-order valence-electron chi connectivity index (χ1n) is 10.9. The molecule has 0 saturated carbocycles. The lowest BCUT2D eigenvalue weighted by molar-refractivity contribution is 0.0972. The average molecular weight is 451 g/mol. The van der Waals surface area contributed by atoms with Crippen molar-refractivity contribution in [2.75, 3.05) is 43.7 Å². The number of carbonyl (C=O) groups is 1. The van der Waals surface area contributed by atoms with Gasteiger partial charge in [0.05, 0.1) is 6.61 Å². The number of hydrazine groups is 1. The number of anilines is 2. The fourth-order valence-corrected chi connectivity index (χ4v) is 2.97. The van der Waals surface area contributed by atoms with Crippen molar-refractivity contribution in [2.45, 2.75) is 19.4 Å². The molecule has 2 heterocycles. The van der Waals surface area contributed by atoms with Crippen molar-refractivity contribution in [3.63, 3.8) is 0 Å². The lowest BCUT2D eigenvalue weighted by Crippen LogP contribution is -2.44. The number of rotatable bonds is 14. The number of hydrogen-bond acceptors (Lipinski definition) is 9. The van der Waals surface area contributed by atoms with Gasteiger partial charge in [0.1, 0.15) is 0 Å². The Morgan fingerprint density at radius 3 is 2.27 bits per heavy atom. The standard InChI is InChI=1S/C23H30N8O2/c1-33-17-16-24-18-19-6-8-20(9-7-19)21(32)31(23-28-13-5-14-29-23)30-15-3-2-10-25-22-26-11-4-12-27-22/h4-9,11-14,24,30H,2-3,10,15-18H2,1H3,(H,25,26,27). The van der Waals surface area contributed by atoms with Gasteiger partial charge in [0.15, 0.2) is 0 Å². The zero-order valence-corrected chi connectivity index (χ0v) is 18.8. The van der Waals surface area contributed by atoms with Gasteiger partial charge in [0, 0.05) is 63.6 Å². The van der Waals surface area contributed by atoms with Crippen molar-refractivity contribution in [3.05, 3.63) is 72.3 Å². The second kappa shape index (κ2) is 13.8. The number of benzene rings is 1. The van der Waals surface area contributed by atoms with Gasteiger partial charge in [-0.1, -0.05) is 12.1 Å². The molecular formula is C23H30N8O2. The van der Waals surface area contributed by atoms with Crippen molar-refractivity contribution in [2.24, 2.45) is 0 Å². The first-order valence-corrected chi connectivity index (χ1v) is 10.9. The highest BCUT2D eigenvalue weighted by Gasteiger charge is 2.19. The summed E-state index contributed by atoms with van der Waals surface area (Å²) in [5.74, 6) is 0.705. The zero-order chi connectivity index (χ0) is 23.1. The second-order valence-corrected chi connectivity index (χ2v) is 7.17. The molecule has 0 fully saturated rings. The summed E-state index contributed by atoms with van der Waals surface area (Å²) in [6, 6.07) is 11.0. The van der Waals surface area contributed by atoms with Gasteiger partial charge in [0.25, 0.3) is 5.91 Å². The average Bonchev–Trinajstić information content (AvgIpc) is 2.87. The van der Waals surface area contributed by atoms with Crippen LogP contribution >= 0.6 is 0 Å². The topological polar surface area (TPSA) is 117 Å². The molecule has 0 aliphatic rings. The summed E-state index contributed by atoms with van der Waals surface area (Å²) in [5.41, 5.74) is 4.81. The molecule has 1 amide bonds. The number of nitrogens with zero attached hydrogens (tertiary/aromatic N) is 5. The fraction of sp³-hybridized carbons (Fsp3) is 0.348. The second-order valence-electron chi connectivity index (χ2n) is 7.17. The molecule has 10 heteroatoms. The number of ether oxygens (including phenoxy) is 1. The van der Waals surface area contributed by atoms with E-state index in [0.717, 1.165) is 31.5 Å². The molecule has 10 nitrogen and oxygen atoms in total. The first kappa shape index (κ1) is 24.2. The van der Waals surface area contributed by atoms with Gasteiger partial charge in [-0.25, -0.2) is 30.4 Å². The Labute approximate surface area is 193 Å². The molecule has 0 bridgehead atoms. The summed E-state index contributed by atoms with van der Waals surface area (Å²) in [6.07, 6.45) is 8.34. The van der Waals surface area contributed by atoms with E-state index in [2.05, 4.69) is 36.0 Å². The van der Waals surface area contributed by atoms with E-state index in [1.165, 1.54) is 5.01 Å². The van der Waals surface area contributed by atoms with E-state index in [-0.39, 0.29) is 5.91 Å². The van der Waals surface area contributed by atoms with Crippen LogP contribution in [-0.2, 0) is 11.3 Å². The number of hydrogen-bond donors (Lipinski definition) is 3. The van der Waals surface area contributed by atoms with Crippen molar-refractivity contribution in [1.29, 1.82) is 0 Å². The number of carbonyl (C=O) groups excluding carboxylic acids is 1. The number of amides is 1. The maximum absolute atomic E-state index is 13.2. The number of unbranched alkanes of at least 4 members (excludes halogenated alkanes) is 1. The number of aromatic nitrogens is 4. The molecule has 0 saturated heterocycles. The van der Waals surface area contributed by atoms with Crippen LogP contribution in [0.1, 0.15) is 28.8 Å². The lowest BCUT2D eigenvalue weighted by atomic mass is 10.1. The quantitative estimate of drug-likeness (QED) is 0.250. The van der Waals surface area contributed by atoms with Gasteiger partial charge < -0.3 is 15.4 Å². The molecule has 1 aromatic carbocycles. The van der Waals surface area contributed by atoms with Gasteiger partial charge in [-0.2, -0.15) is 0 Å². The molecule has 0 spiro atoms. The minimum atomic E-state index is -0.212. The molecule has 2 aromatic heterocycles. The Morgan fingerprint density at radius 1 is 0.909 bits per heavy atom. The minimum absolute atomic E-state index is 0.212. The van der Waals surface area contributed by atoms with Gasteiger partial charge >= 0.3 is 0 Å². The van der Waals surface area contributed by atoms with Crippen molar-refractivity contribution < 1.29 is 9.53 Å². The minimum Gasteiger partial charge on any atom is -0.383 e. The summed E-state index contributed by atoms with van der Waals surface area (Å²) in [7, 11) is 1.68. The molecule has 0 aliphatic carbocycles. The predicted octanol–water partition coefficient (Wildman–Crippen LogP) is 2.05. The van der Waals surface area contributed by atoms with Crippen LogP contribution in [0.15, 0.2) is 61.2 Å². The molecule has 174 valence electrons. The van der Waals surface area contributed by atoms with Crippen LogP contribution in [0.3, 0.4) is 0 Å². The highest BCUT2D eigenvalue weighted by molar-refractivity contribution is 6.04. The maximum Gasteiger partial charge on any atom is 0.275 e. The first-order chi connectivity index (χ1) is 16.3. The molecule has 33 heavy (non-hydrogen) atoms. The maximum atomic E-state index is 13.2. The van der Waals surface area contributed by atoms with Crippen LogP contribution < -0.4 is 21.1 Å². The third-order valence-electron chi connectivity index (χ3n) is 4.69. The van der Waals surface area contributed by atoms with Crippen LogP contribution in [0.25, 0.3) is 0 Å². The molecule has 3 aromatic rings. The molecule has 0 aliphatic heterocycles. The molecule has 0 radical (unpaired) electrons. The van der Waals surface area contributed by atoms with Crippen molar-refractivity contribution in [1.82, 2.24) is 30.7 Å². The van der Waals surface area contributed by atoms with Gasteiger partial charge in [-0.15, -0.1) is 0 Å². The Hall–Kier alpha value is -3.47. The van der Waals surface area contributed by atoms with E-state index in [9.17, 15) is 4.79 Å². The normalized spacial score (nSPS) is 10.7. The monoisotopic (exact) mass is 450 g/mol. The molecule has 3 rings (SSSR count). The summed E-state index contributed by atoms with van der Waals surface area (Å²) >= 11 is 0. The SMILES string of the molecule is COCCNCc1ccc(C(=O)N(NCCCCNc2ncccn2)c2ncccn2)cc1. The largest absolute Gasteiger partial charge is 0.383 e. The van der Waals surface area contributed by atoms with Crippen LogP contribution in [-0.4, -0.2) is 59.2 Å². The van der Waals surface area contributed by atoms with E-state index in [4.69, 9.17) is 4.74 Å². The number of methoxy groups -OCH3 is 1. The Kier molecular flexibility index (Phi) is 10.1. The molecule has 0 unspecified atom stereocenters. The third-order valence-corrected chi connectivity index (χ3v) is 4.69. The highest BCUT2D eigenvalue weighted by atomic mass is 16.5. The zero-order valence-electron chi connectivity index (χ0n) is 18.8. The van der Waals surface area contributed by atoms with Crippen LogP contribution in [0.2, 0.25) is 0 Å².